The van der Waals surface area contributed by atoms with Crippen LogP contribution >= 0.6 is 0 Å². The standard InChI is InChI=1S/C25H17N3.CH4O3S/c1-4-10-22-16(7-1)19(13-26-22)25(20-14-27-23-11-5-2-8-17(20)23)21-15-28-24-12-6-3-9-18(21)24;1-5(2,3)4/h1-15,26-27H;1H3,(H,2,3,4). The number of para-hydroxylation sites is 3. The Labute approximate surface area is 191 Å². The molecule has 0 aliphatic carbocycles. The molecule has 0 saturated carbocycles. The molecule has 6 nitrogen and oxygen atoms in total. The van der Waals surface area contributed by atoms with Gasteiger partial charge in [0.15, 0.2) is 6.21 Å². The maximum absolute atomic E-state index is 9.08. The molecule has 1 aliphatic heterocycles. The van der Waals surface area contributed by atoms with E-state index in [4.69, 9.17) is 13.0 Å². The molecule has 7 heteroatoms. The molecule has 164 valence electrons. The van der Waals surface area contributed by atoms with E-state index in [2.05, 4.69) is 106 Å². The van der Waals surface area contributed by atoms with E-state index in [1.807, 2.05) is 0 Å². The highest BCUT2D eigenvalue weighted by Crippen LogP contribution is 2.39. The number of aromatic amines is 2. The van der Waals surface area contributed by atoms with Gasteiger partial charge >= 0.3 is 0 Å². The molecule has 3 heterocycles. The van der Waals surface area contributed by atoms with Gasteiger partial charge in [0.2, 0.25) is 5.69 Å². The number of rotatable bonds is 2. The van der Waals surface area contributed by atoms with Crippen LogP contribution in [0.25, 0.3) is 33.0 Å². The first-order chi connectivity index (χ1) is 15.9. The molecular formula is C26H21N3O3S. The molecular weight excluding hydrogens is 434 g/mol. The van der Waals surface area contributed by atoms with Crippen LogP contribution in [-0.2, 0) is 10.1 Å². The Morgan fingerprint density at radius 2 is 1.27 bits per heavy atom. The van der Waals surface area contributed by atoms with Gasteiger partial charge in [0.1, 0.15) is 0 Å². The van der Waals surface area contributed by atoms with Crippen molar-refractivity contribution in [3.05, 3.63) is 102 Å². The normalized spacial score (nSPS) is 12.6. The van der Waals surface area contributed by atoms with Gasteiger partial charge in [0, 0.05) is 63.2 Å². The molecule has 0 amide bonds. The molecule has 0 radical (unpaired) electrons. The first kappa shape index (κ1) is 20.9. The molecule has 0 atom stereocenters. The Bertz CT molecular complexity index is 1570. The molecule has 0 spiro atoms. The maximum Gasteiger partial charge on any atom is 0.211 e. The molecule has 5 aromatic rings. The summed E-state index contributed by atoms with van der Waals surface area (Å²) in [5, 5.41) is 2.46. The van der Waals surface area contributed by atoms with Gasteiger partial charge in [-0.15, -0.1) is 0 Å². The van der Waals surface area contributed by atoms with Crippen molar-refractivity contribution in [1.82, 2.24) is 9.97 Å². The number of aromatic nitrogens is 2. The predicted octanol–water partition coefficient (Wildman–Crippen LogP) is 3.57. The molecule has 6 rings (SSSR count). The van der Waals surface area contributed by atoms with Gasteiger partial charge in [-0.1, -0.05) is 48.5 Å². The summed E-state index contributed by atoms with van der Waals surface area (Å²) in [7, 11) is -3.92. The van der Waals surface area contributed by atoms with Gasteiger partial charge in [0.25, 0.3) is 0 Å². The van der Waals surface area contributed by atoms with Gasteiger partial charge in [0.05, 0.1) is 21.3 Å². The molecule has 3 N–H and O–H groups in total. The first-order valence-electron chi connectivity index (χ1n) is 10.4. The third kappa shape index (κ3) is 4.11. The Balaban J connectivity index is 0.000000416. The summed E-state index contributed by atoms with van der Waals surface area (Å²) in [4.78, 5) is 10.3. The number of hydrogen-bond donors (Lipinski definition) is 3. The lowest BCUT2D eigenvalue weighted by molar-refractivity contribution is -0.342. The summed E-state index contributed by atoms with van der Waals surface area (Å²) in [5.41, 5.74) is 9.54. The molecule has 33 heavy (non-hydrogen) atoms. The van der Waals surface area contributed by atoms with Crippen LogP contribution in [0.5, 0.6) is 0 Å². The largest absolute Gasteiger partial charge is 0.748 e. The van der Waals surface area contributed by atoms with E-state index in [1.54, 1.807) is 0 Å². The monoisotopic (exact) mass is 455 g/mol. The third-order valence-electron chi connectivity index (χ3n) is 5.58. The molecule has 0 saturated heterocycles. The molecule has 1 aliphatic rings. The fourth-order valence-electron chi connectivity index (χ4n) is 4.27. The summed E-state index contributed by atoms with van der Waals surface area (Å²) in [5.74, 6) is 0. The van der Waals surface area contributed by atoms with Crippen LogP contribution in [0.1, 0.15) is 16.7 Å². The average Bonchev–Trinajstić information content (AvgIpc) is 3.51. The van der Waals surface area contributed by atoms with Crippen molar-refractivity contribution < 1.29 is 18.0 Å². The van der Waals surface area contributed by atoms with E-state index in [1.165, 1.54) is 38.6 Å². The highest BCUT2D eigenvalue weighted by atomic mass is 32.2. The van der Waals surface area contributed by atoms with E-state index in [0.29, 0.717) is 6.26 Å². The minimum atomic E-state index is -3.92. The number of H-pyrrole nitrogens is 2. The second-order valence-corrected chi connectivity index (χ2v) is 9.23. The molecule has 3 aromatic carbocycles. The van der Waals surface area contributed by atoms with Crippen molar-refractivity contribution in [1.29, 1.82) is 0 Å². The van der Waals surface area contributed by atoms with Crippen LogP contribution in [0.2, 0.25) is 0 Å². The quantitative estimate of drug-likeness (QED) is 0.355. The SMILES string of the molecule is C1=[NH+]c2ccccc2C1=C(c1c[nH]c2ccccc12)c1c[nH]c2ccccc12.CS(=O)(=O)[O-]. The van der Waals surface area contributed by atoms with Crippen LogP contribution in [0.3, 0.4) is 0 Å². The summed E-state index contributed by atoms with van der Waals surface area (Å²) >= 11 is 0. The van der Waals surface area contributed by atoms with Crippen molar-refractivity contribution in [2.75, 3.05) is 6.26 Å². The zero-order chi connectivity index (χ0) is 23.0. The highest BCUT2D eigenvalue weighted by Gasteiger charge is 2.26. The van der Waals surface area contributed by atoms with Crippen LogP contribution in [0.15, 0.2) is 85.2 Å². The Kier molecular flexibility index (Phi) is 5.20. The maximum atomic E-state index is 9.08. The third-order valence-corrected chi connectivity index (χ3v) is 5.58. The van der Waals surface area contributed by atoms with Crippen LogP contribution in [0, 0.1) is 0 Å². The Hall–Kier alpha value is -3.94. The summed E-state index contributed by atoms with van der Waals surface area (Å²) in [6, 6.07) is 25.4. The van der Waals surface area contributed by atoms with E-state index < -0.39 is 10.1 Å². The minimum Gasteiger partial charge on any atom is -0.748 e. The van der Waals surface area contributed by atoms with E-state index in [0.717, 1.165) is 16.7 Å². The van der Waals surface area contributed by atoms with E-state index in [9.17, 15) is 0 Å². The van der Waals surface area contributed by atoms with Gasteiger partial charge in [-0.05, 0) is 18.2 Å². The van der Waals surface area contributed by atoms with Crippen LogP contribution in [0.4, 0.5) is 5.69 Å². The van der Waals surface area contributed by atoms with Gasteiger partial charge in [-0.2, -0.15) is 0 Å². The zero-order valence-electron chi connectivity index (χ0n) is 17.8. The van der Waals surface area contributed by atoms with E-state index >= 15 is 0 Å². The average molecular weight is 456 g/mol. The van der Waals surface area contributed by atoms with E-state index in [-0.39, 0.29) is 0 Å². The lowest BCUT2D eigenvalue weighted by Gasteiger charge is -2.09. The number of fused-ring (bicyclic) bond motifs is 3. The second-order valence-electron chi connectivity index (χ2n) is 7.82. The van der Waals surface area contributed by atoms with Gasteiger partial charge in [-0.3, -0.25) is 0 Å². The molecule has 2 aromatic heterocycles. The second kappa shape index (κ2) is 8.20. The fraction of sp³-hybridized carbons (Fsp3) is 0.0385. The zero-order valence-corrected chi connectivity index (χ0v) is 18.6. The fourth-order valence-corrected chi connectivity index (χ4v) is 4.27. The number of benzene rings is 3. The summed E-state index contributed by atoms with van der Waals surface area (Å²) < 4.78 is 27.2. The number of nitrogens with one attached hydrogen (secondary N) is 3. The Morgan fingerprint density at radius 3 is 1.85 bits per heavy atom. The summed E-state index contributed by atoms with van der Waals surface area (Å²) in [6.07, 6.45) is 6.99. The first-order valence-corrected chi connectivity index (χ1v) is 12.2. The summed E-state index contributed by atoms with van der Waals surface area (Å²) in [6.45, 7) is 0. The van der Waals surface area contributed by atoms with Gasteiger partial charge in [-0.25, -0.2) is 13.4 Å². The smallest absolute Gasteiger partial charge is 0.211 e. The van der Waals surface area contributed by atoms with Crippen molar-refractivity contribution in [2.24, 2.45) is 0 Å². The number of allylic oxidation sites excluding steroid dienone is 1. The van der Waals surface area contributed by atoms with Crippen LogP contribution < -0.4 is 4.99 Å². The van der Waals surface area contributed by atoms with Crippen LogP contribution in [-0.4, -0.2) is 35.4 Å². The lowest BCUT2D eigenvalue weighted by atomic mass is 9.90. The molecule has 0 unspecified atom stereocenters. The molecule has 0 fully saturated rings. The molecule has 0 bridgehead atoms. The Morgan fingerprint density at radius 1 is 0.788 bits per heavy atom. The van der Waals surface area contributed by atoms with Gasteiger partial charge < -0.3 is 14.5 Å². The van der Waals surface area contributed by atoms with Crippen molar-refractivity contribution in [3.8, 4) is 0 Å². The van der Waals surface area contributed by atoms with Crippen molar-refractivity contribution in [2.45, 2.75) is 0 Å². The van der Waals surface area contributed by atoms with Crippen molar-refractivity contribution in [3.63, 3.8) is 0 Å². The van der Waals surface area contributed by atoms with Crippen molar-refractivity contribution >= 4 is 55.0 Å². The topological polar surface area (TPSA) is 103 Å². The lowest BCUT2D eigenvalue weighted by Crippen LogP contribution is -2.58. The predicted molar refractivity (Wildman–Crippen MR) is 131 cm³/mol. The highest BCUT2D eigenvalue weighted by molar-refractivity contribution is 7.84. The minimum absolute atomic E-state index is 0.604. The number of hydrogen-bond acceptors (Lipinski definition) is 3.